The Balaban J connectivity index is 1.35. The quantitative estimate of drug-likeness (QED) is 0.402. The van der Waals surface area contributed by atoms with Crippen molar-refractivity contribution < 1.29 is 27.5 Å². The molecular weight excluding hydrogens is 476 g/mol. The Morgan fingerprint density at radius 3 is 2.81 bits per heavy atom. The van der Waals surface area contributed by atoms with Gasteiger partial charge in [0.15, 0.2) is 11.9 Å². The molecule has 0 bridgehead atoms. The fourth-order valence-electron chi connectivity index (χ4n) is 3.57. The summed E-state index contributed by atoms with van der Waals surface area (Å²) in [6.07, 6.45) is 6.06. The van der Waals surface area contributed by atoms with Gasteiger partial charge in [-0.15, -0.1) is 0 Å². The molecule has 4 rings (SSSR count). The molecule has 36 heavy (non-hydrogen) atoms. The minimum atomic E-state index is -1.35. The smallest absolute Gasteiger partial charge is 0.316 e. The molecular formula is C23H25F2N7O4. The molecule has 13 heteroatoms. The van der Waals surface area contributed by atoms with Gasteiger partial charge in [-0.3, -0.25) is 19.0 Å². The van der Waals surface area contributed by atoms with Gasteiger partial charge in [-0.2, -0.15) is 4.98 Å². The second-order valence-electron chi connectivity index (χ2n) is 7.98. The summed E-state index contributed by atoms with van der Waals surface area (Å²) < 4.78 is 37.9. The van der Waals surface area contributed by atoms with Crippen LogP contribution in [0.3, 0.4) is 0 Å². The number of nitrogens with zero attached hydrogens (tertiary/aromatic N) is 5. The third-order valence-corrected chi connectivity index (χ3v) is 5.44. The predicted molar refractivity (Wildman–Crippen MR) is 124 cm³/mol. The number of alkyl halides is 2. The second-order valence-corrected chi connectivity index (χ2v) is 7.98. The number of carbonyl (C=O) groups excluding carboxylic acids is 2. The lowest BCUT2D eigenvalue weighted by Gasteiger charge is -2.33. The van der Waals surface area contributed by atoms with Gasteiger partial charge in [0.2, 0.25) is 0 Å². The molecule has 1 saturated heterocycles. The number of aromatic nitrogens is 4. The molecule has 4 heterocycles. The van der Waals surface area contributed by atoms with Crippen molar-refractivity contribution in [2.75, 3.05) is 36.5 Å². The van der Waals surface area contributed by atoms with Crippen molar-refractivity contribution in [1.29, 1.82) is 0 Å². The maximum Gasteiger partial charge on any atom is 0.316 e. The predicted octanol–water partition coefficient (Wildman–Crippen LogP) is 2.59. The van der Waals surface area contributed by atoms with Crippen molar-refractivity contribution in [2.24, 2.45) is 0 Å². The van der Waals surface area contributed by atoms with E-state index in [2.05, 4.69) is 30.6 Å². The average molecular weight is 501 g/mol. The molecule has 0 spiro atoms. The van der Waals surface area contributed by atoms with Gasteiger partial charge < -0.3 is 24.7 Å². The Bertz CT molecular complexity index is 1160. The minimum Gasteiger partial charge on any atom is -0.457 e. The van der Waals surface area contributed by atoms with E-state index in [1.165, 1.54) is 30.9 Å². The highest BCUT2D eigenvalue weighted by atomic mass is 19.1. The number of halogens is 2. The maximum absolute atomic E-state index is 14.7. The normalized spacial score (nSPS) is 17.4. The summed E-state index contributed by atoms with van der Waals surface area (Å²) in [6, 6.07) is 3.32. The van der Waals surface area contributed by atoms with E-state index in [1.807, 2.05) is 0 Å². The van der Waals surface area contributed by atoms with Gasteiger partial charge in [0.25, 0.3) is 17.8 Å². The first-order valence-electron chi connectivity index (χ1n) is 11.4. The number of ether oxygens (including phenoxy) is 1. The first-order chi connectivity index (χ1) is 17.5. The molecule has 2 N–H and O–H groups in total. The Hall–Kier alpha value is -4.16. The third kappa shape index (κ3) is 6.29. The van der Waals surface area contributed by atoms with E-state index in [-0.39, 0.29) is 35.5 Å². The summed E-state index contributed by atoms with van der Waals surface area (Å²) >= 11 is 0. The van der Waals surface area contributed by atoms with E-state index in [0.29, 0.717) is 32.4 Å². The lowest BCUT2D eigenvalue weighted by atomic mass is 10.1. The summed E-state index contributed by atoms with van der Waals surface area (Å²) in [7, 11) is 0. The van der Waals surface area contributed by atoms with Crippen LogP contribution in [0.25, 0.3) is 0 Å². The van der Waals surface area contributed by atoms with Crippen LogP contribution in [-0.2, 0) is 0 Å². The van der Waals surface area contributed by atoms with Gasteiger partial charge in [-0.25, -0.2) is 14.4 Å². The topological polar surface area (TPSA) is 135 Å². The molecule has 1 aliphatic heterocycles. The Kier molecular flexibility index (Phi) is 8.32. The number of anilines is 2. The third-order valence-electron chi connectivity index (χ3n) is 5.44. The van der Waals surface area contributed by atoms with Crippen LogP contribution in [0.2, 0.25) is 0 Å². The molecule has 1 fully saturated rings. The van der Waals surface area contributed by atoms with Crippen LogP contribution >= 0.6 is 0 Å². The zero-order chi connectivity index (χ0) is 25.3. The van der Waals surface area contributed by atoms with E-state index >= 15 is 0 Å². The molecule has 11 nitrogen and oxygen atoms in total. The van der Waals surface area contributed by atoms with E-state index in [1.54, 1.807) is 11.0 Å². The number of unbranched alkanes of at least 4 members (excludes halogenated alkanes) is 1. The highest BCUT2D eigenvalue weighted by molar-refractivity contribution is 6.08. The van der Waals surface area contributed by atoms with Crippen LogP contribution in [-0.4, -0.2) is 70.3 Å². The minimum absolute atomic E-state index is 0.0393. The number of oxazole rings is 1. The van der Waals surface area contributed by atoms with Gasteiger partial charge >= 0.3 is 6.01 Å². The van der Waals surface area contributed by atoms with Crippen LogP contribution in [0, 0.1) is 0 Å². The number of rotatable bonds is 10. The largest absolute Gasteiger partial charge is 0.457 e. The van der Waals surface area contributed by atoms with Crippen LogP contribution in [0.5, 0.6) is 6.01 Å². The van der Waals surface area contributed by atoms with E-state index in [0.717, 1.165) is 6.26 Å². The first kappa shape index (κ1) is 24.9. The molecule has 0 aromatic carbocycles. The number of pyridine rings is 1. The zero-order valence-electron chi connectivity index (χ0n) is 19.3. The summed E-state index contributed by atoms with van der Waals surface area (Å²) in [6.45, 7) is 0.185. The summed E-state index contributed by atoms with van der Waals surface area (Å²) in [5.41, 5.74) is 0.342. The Morgan fingerprint density at radius 2 is 2.03 bits per heavy atom. The standard InChI is InChI=1S/C23H25F2N7O4/c24-6-1-2-7-27-20(33)15-12-26-10-4-17(15)30-21(34)18-14-35-23(31-18)32-11-5-19(16(25)13-32)36-22-28-8-3-9-29-22/h3-4,8-10,12,14,16,19H,1-2,5-7,11,13H2,(H,27,33)(H,26,30,34)/t16-,19+/m0/s1. The van der Waals surface area contributed by atoms with Crippen molar-refractivity contribution in [3.8, 4) is 6.01 Å². The van der Waals surface area contributed by atoms with Crippen LogP contribution in [0.1, 0.15) is 40.1 Å². The second kappa shape index (κ2) is 12.0. The van der Waals surface area contributed by atoms with Gasteiger partial charge in [0.1, 0.15) is 12.4 Å². The number of carbonyl (C=O) groups is 2. The molecule has 0 aliphatic carbocycles. The van der Waals surface area contributed by atoms with E-state index < -0.39 is 30.8 Å². The highest BCUT2D eigenvalue weighted by Gasteiger charge is 2.33. The van der Waals surface area contributed by atoms with Crippen LogP contribution < -0.4 is 20.3 Å². The van der Waals surface area contributed by atoms with E-state index in [4.69, 9.17) is 9.15 Å². The molecule has 2 amide bonds. The SMILES string of the molecule is O=C(Nc1ccncc1C(=O)NCCCCF)c1coc(N2CC[C@@H](Oc3ncccn3)[C@@H](F)C2)n1. The number of amides is 2. The van der Waals surface area contributed by atoms with Crippen molar-refractivity contribution in [3.05, 3.63) is 54.4 Å². The molecule has 190 valence electrons. The Labute approximate surface area is 205 Å². The summed E-state index contributed by atoms with van der Waals surface area (Å²) in [5.74, 6) is -1.06. The lowest BCUT2D eigenvalue weighted by molar-refractivity contribution is 0.0723. The fraction of sp³-hybridized carbons (Fsp3) is 0.391. The lowest BCUT2D eigenvalue weighted by Crippen LogP contribution is -2.47. The zero-order valence-corrected chi connectivity index (χ0v) is 19.3. The maximum atomic E-state index is 14.7. The average Bonchev–Trinajstić information content (AvgIpc) is 3.39. The molecule has 1 aliphatic rings. The van der Waals surface area contributed by atoms with Crippen molar-refractivity contribution in [2.45, 2.75) is 31.5 Å². The van der Waals surface area contributed by atoms with Crippen molar-refractivity contribution >= 4 is 23.5 Å². The van der Waals surface area contributed by atoms with Gasteiger partial charge in [0, 0.05) is 44.3 Å². The summed E-state index contributed by atoms with van der Waals surface area (Å²) in [5, 5.41) is 5.29. The number of hydrogen-bond donors (Lipinski definition) is 2. The monoisotopic (exact) mass is 501 g/mol. The van der Waals surface area contributed by atoms with Gasteiger partial charge in [-0.05, 0) is 25.0 Å². The summed E-state index contributed by atoms with van der Waals surface area (Å²) in [4.78, 5) is 42.8. The Morgan fingerprint density at radius 1 is 1.19 bits per heavy atom. The van der Waals surface area contributed by atoms with Crippen LogP contribution in [0.15, 0.2) is 47.6 Å². The molecule has 2 atom stereocenters. The fourth-order valence-corrected chi connectivity index (χ4v) is 3.57. The van der Waals surface area contributed by atoms with Crippen molar-refractivity contribution in [3.63, 3.8) is 0 Å². The molecule has 0 radical (unpaired) electrons. The number of nitrogens with one attached hydrogen (secondary N) is 2. The van der Waals surface area contributed by atoms with Gasteiger partial charge in [0.05, 0.1) is 24.5 Å². The van der Waals surface area contributed by atoms with Crippen molar-refractivity contribution in [1.82, 2.24) is 25.3 Å². The first-order valence-corrected chi connectivity index (χ1v) is 11.4. The highest BCUT2D eigenvalue weighted by Crippen LogP contribution is 2.24. The molecule has 3 aromatic heterocycles. The molecule has 0 unspecified atom stereocenters. The van der Waals surface area contributed by atoms with E-state index in [9.17, 15) is 18.4 Å². The number of hydrogen-bond acceptors (Lipinski definition) is 9. The van der Waals surface area contributed by atoms with Crippen LogP contribution in [0.4, 0.5) is 20.5 Å². The molecule has 0 saturated carbocycles. The molecule has 3 aromatic rings. The number of piperidine rings is 1. The van der Waals surface area contributed by atoms with Gasteiger partial charge in [-0.1, -0.05) is 0 Å².